The number of nitrogens with one attached hydrogen (secondary N) is 1. The summed E-state index contributed by atoms with van der Waals surface area (Å²) in [5.74, 6) is 1.32. The first-order chi connectivity index (χ1) is 20.5. The number of H-pyrrole nitrogens is 1. The summed E-state index contributed by atoms with van der Waals surface area (Å²) < 4.78 is 7.58. The molecule has 0 saturated heterocycles. The summed E-state index contributed by atoms with van der Waals surface area (Å²) in [5.41, 5.74) is 5.49. The number of fused-ring (bicyclic) bond motifs is 1. The fourth-order valence-electron chi connectivity index (χ4n) is 5.33. The first-order valence-corrected chi connectivity index (χ1v) is 14.3. The standard InChI is InChI=1S/C33H31ClN6O2/c1-22-17-26-19-28(33(41)35-30(26)18-23(22)2)31(32-36-37-38-40(32)15-14-24-9-4-3-5-10-24)39(21-27-12-8-16-42-27)20-25-11-6-7-13-29(25)34/h3-13,16-19,31H,14-15,20-21H2,1-2H3,(H,35,41)/t31-/m0/s1. The summed E-state index contributed by atoms with van der Waals surface area (Å²) in [7, 11) is 0. The fraction of sp³-hybridized carbons (Fsp3) is 0.212. The molecule has 0 saturated carbocycles. The second kappa shape index (κ2) is 12.1. The number of nitrogens with zero attached hydrogens (tertiary/aromatic N) is 5. The summed E-state index contributed by atoms with van der Waals surface area (Å²) in [6.45, 7) is 5.49. The molecule has 0 spiro atoms. The van der Waals surface area contributed by atoms with Gasteiger partial charge in [0.1, 0.15) is 11.8 Å². The number of hydrogen-bond acceptors (Lipinski definition) is 6. The van der Waals surface area contributed by atoms with E-state index in [2.05, 4.69) is 50.5 Å². The predicted molar refractivity (Wildman–Crippen MR) is 163 cm³/mol. The summed E-state index contributed by atoms with van der Waals surface area (Å²) >= 11 is 6.65. The number of benzene rings is 3. The van der Waals surface area contributed by atoms with Crippen LogP contribution in [0.2, 0.25) is 5.02 Å². The molecule has 0 bridgehead atoms. The number of aromatic nitrogens is 5. The fourth-order valence-corrected chi connectivity index (χ4v) is 5.52. The third kappa shape index (κ3) is 5.91. The van der Waals surface area contributed by atoms with Gasteiger partial charge in [0, 0.05) is 29.2 Å². The van der Waals surface area contributed by atoms with Gasteiger partial charge in [-0.05, 0) is 94.7 Å². The van der Waals surface area contributed by atoms with E-state index in [1.807, 2.05) is 73.7 Å². The maximum atomic E-state index is 13.9. The van der Waals surface area contributed by atoms with Crippen molar-refractivity contribution in [1.29, 1.82) is 0 Å². The van der Waals surface area contributed by atoms with Crippen LogP contribution >= 0.6 is 11.6 Å². The third-order valence-corrected chi connectivity index (χ3v) is 8.05. The number of aryl methyl sites for hydroxylation is 4. The van der Waals surface area contributed by atoms with Gasteiger partial charge in [0.2, 0.25) is 0 Å². The van der Waals surface area contributed by atoms with Gasteiger partial charge in [-0.2, -0.15) is 0 Å². The van der Waals surface area contributed by atoms with Gasteiger partial charge in [-0.1, -0.05) is 60.1 Å². The van der Waals surface area contributed by atoms with Crippen molar-refractivity contribution in [2.75, 3.05) is 0 Å². The Morgan fingerprint density at radius 1 is 0.952 bits per heavy atom. The SMILES string of the molecule is Cc1cc2cc([C@@H](c3nnnn3CCc3ccccc3)N(Cc3ccco3)Cc3ccccc3Cl)c(=O)[nH]c2cc1C. The molecule has 1 N–H and O–H groups in total. The highest BCUT2D eigenvalue weighted by Crippen LogP contribution is 2.32. The summed E-state index contributed by atoms with van der Waals surface area (Å²) in [4.78, 5) is 19.1. The number of pyridine rings is 1. The predicted octanol–water partition coefficient (Wildman–Crippen LogP) is 6.41. The van der Waals surface area contributed by atoms with E-state index in [0.29, 0.717) is 36.0 Å². The summed E-state index contributed by atoms with van der Waals surface area (Å²) in [6.07, 6.45) is 2.39. The molecule has 0 aliphatic carbocycles. The Morgan fingerprint density at radius 3 is 2.52 bits per heavy atom. The Hall–Kier alpha value is -4.53. The van der Waals surface area contributed by atoms with Crippen LogP contribution in [0.5, 0.6) is 0 Å². The van der Waals surface area contributed by atoms with E-state index in [0.717, 1.165) is 39.8 Å². The number of halogens is 1. The van der Waals surface area contributed by atoms with Crippen LogP contribution < -0.4 is 5.56 Å². The van der Waals surface area contributed by atoms with E-state index in [1.165, 1.54) is 5.56 Å². The van der Waals surface area contributed by atoms with Crippen LogP contribution in [-0.2, 0) is 26.1 Å². The Labute approximate surface area is 248 Å². The Kier molecular flexibility index (Phi) is 7.99. The van der Waals surface area contributed by atoms with Gasteiger partial charge in [0.25, 0.3) is 5.56 Å². The minimum atomic E-state index is -0.605. The molecule has 6 rings (SSSR count). The van der Waals surface area contributed by atoms with Gasteiger partial charge in [-0.15, -0.1) is 5.10 Å². The van der Waals surface area contributed by atoms with Gasteiger partial charge in [-0.25, -0.2) is 4.68 Å². The number of hydrogen-bond donors (Lipinski definition) is 1. The van der Waals surface area contributed by atoms with Crippen molar-refractivity contribution in [3.8, 4) is 0 Å². The van der Waals surface area contributed by atoms with Crippen LogP contribution in [0, 0.1) is 13.8 Å². The van der Waals surface area contributed by atoms with Crippen molar-refractivity contribution in [2.45, 2.75) is 45.9 Å². The van der Waals surface area contributed by atoms with E-state index in [1.54, 1.807) is 10.9 Å². The average Bonchev–Trinajstić information content (AvgIpc) is 3.68. The summed E-state index contributed by atoms with van der Waals surface area (Å²) in [6, 6.07) is 27.2. The molecule has 42 heavy (non-hydrogen) atoms. The van der Waals surface area contributed by atoms with E-state index in [-0.39, 0.29) is 5.56 Å². The van der Waals surface area contributed by atoms with Crippen molar-refractivity contribution in [3.63, 3.8) is 0 Å². The second-order valence-corrected chi connectivity index (χ2v) is 11.0. The molecule has 0 aliphatic rings. The van der Waals surface area contributed by atoms with Gasteiger partial charge >= 0.3 is 0 Å². The van der Waals surface area contributed by atoms with E-state index < -0.39 is 6.04 Å². The number of furan rings is 1. The molecular weight excluding hydrogens is 548 g/mol. The molecule has 0 unspecified atom stereocenters. The molecule has 212 valence electrons. The van der Waals surface area contributed by atoms with Crippen LogP contribution in [0.25, 0.3) is 10.9 Å². The molecule has 3 heterocycles. The highest BCUT2D eigenvalue weighted by molar-refractivity contribution is 6.31. The van der Waals surface area contributed by atoms with Crippen molar-refractivity contribution in [1.82, 2.24) is 30.1 Å². The van der Waals surface area contributed by atoms with E-state index >= 15 is 0 Å². The Bertz CT molecular complexity index is 1860. The van der Waals surface area contributed by atoms with E-state index in [4.69, 9.17) is 16.0 Å². The lowest BCUT2D eigenvalue weighted by Crippen LogP contribution is -2.35. The topological polar surface area (TPSA) is 92.8 Å². The molecule has 0 amide bonds. The van der Waals surface area contributed by atoms with Crippen LogP contribution in [0.1, 0.15) is 45.4 Å². The zero-order valence-corrected chi connectivity index (χ0v) is 24.3. The van der Waals surface area contributed by atoms with Gasteiger partial charge in [0.05, 0.1) is 12.8 Å². The molecule has 0 fully saturated rings. The van der Waals surface area contributed by atoms with Crippen molar-refractivity contribution >= 4 is 22.5 Å². The first-order valence-electron chi connectivity index (χ1n) is 13.9. The van der Waals surface area contributed by atoms with Gasteiger partial charge in [-0.3, -0.25) is 9.69 Å². The number of rotatable bonds is 10. The van der Waals surface area contributed by atoms with Gasteiger partial charge in [0.15, 0.2) is 5.82 Å². The maximum Gasteiger partial charge on any atom is 0.253 e. The lowest BCUT2D eigenvalue weighted by Gasteiger charge is -2.30. The zero-order valence-electron chi connectivity index (χ0n) is 23.5. The van der Waals surface area contributed by atoms with Crippen molar-refractivity contribution in [3.05, 3.63) is 146 Å². The lowest BCUT2D eigenvalue weighted by atomic mass is 10.00. The van der Waals surface area contributed by atoms with Crippen LogP contribution in [-0.4, -0.2) is 30.1 Å². The van der Waals surface area contributed by atoms with Crippen molar-refractivity contribution < 1.29 is 4.42 Å². The molecule has 8 nitrogen and oxygen atoms in total. The van der Waals surface area contributed by atoms with Crippen LogP contribution in [0.4, 0.5) is 0 Å². The molecule has 3 aromatic heterocycles. The zero-order chi connectivity index (χ0) is 29.1. The second-order valence-electron chi connectivity index (χ2n) is 10.6. The Morgan fingerprint density at radius 2 is 1.74 bits per heavy atom. The Balaban J connectivity index is 1.50. The first kappa shape index (κ1) is 27.6. The normalized spacial score (nSPS) is 12.3. The van der Waals surface area contributed by atoms with Gasteiger partial charge < -0.3 is 9.40 Å². The molecule has 1 atom stereocenters. The highest BCUT2D eigenvalue weighted by Gasteiger charge is 2.32. The molecule has 9 heteroatoms. The highest BCUT2D eigenvalue weighted by atomic mass is 35.5. The van der Waals surface area contributed by atoms with E-state index in [9.17, 15) is 4.79 Å². The summed E-state index contributed by atoms with van der Waals surface area (Å²) in [5, 5.41) is 14.5. The minimum absolute atomic E-state index is 0.197. The largest absolute Gasteiger partial charge is 0.468 e. The maximum absolute atomic E-state index is 13.9. The van der Waals surface area contributed by atoms with Crippen molar-refractivity contribution in [2.24, 2.45) is 0 Å². The third-order valence-electron chi connectivity index (χ3n) is 7.68. The molecule has 0 radical (unpaired) electrons. The molecule has 6 aromatic rings. The monoisotopic (exact) mass is 578 g/mol. The number of tetrazole rings is 1. The molecule has 3 aromatic carbocycles. The van der Waals surface area contributed by atoms with Crippen LogP contribution in [0.3, 0.4) is 0 Å². The number of aromatic amines is 1. The minimum Gasteiger partial charge on any atom is -0.468 e. The molecular formula is C33H31ClN6O2. The van der Waals surface area contributed by atoms with Crippen LogP contribution in [0.15, 0.2) is 100 Å². The smallest absolute Gasteiger partial charge is 0.253 e. The lowest BCUT2D eigenvalue weighted by molar-refractivity contribution is 0.179. The average molecular weight is 579 g/mol. The molecule has 0 aliphatic heterocycles. The quantitative estimate of drug-likeness (QED) is 0.202.